The molecule has 0 atom stereocenters. The van der Waals surface area contributed by atoms with Crippen LogP contribution in [0, 0.1) is 0 Å². The average Bonchev–Trinajstić information content (AvgIpc) is 2.78. The molecule has 0 saturated carbocycles. The van der Waals surface area contributed by atoms with Crippen LogP contribution in [0.2, 0.25) is 0 Å². The Morgan fingerprint density at radius 1 is 0.897 bits per heavy atom. The van der Waals surface area contributed by atoms with E-state index in [0.29, 0.717) is 41.8 Å². The van der Waals surface area contributed by atoms with Gasteiger partial charge >= 0.3 is 0 Å². The van der Waals surface area contributed by atoms with E-state index in [0.717, 1.165) is 5.69 Å². The largest absolute Gasteiger partial charge is 0.497 e. The zero-order valence-electron chi connectivity index (χ0n) is 16.2. The van der Waals surface area contributed by atoms with Gasteiger partial charge in [0.25, 0.3) is 5.91 Å². The van der Waals surface area contributed by atoms with Gasteiger partial charge in [-0.05, 0) is 36.4 Å². The number of rotatable bonds is 9. The summed E-state index contributed by atoms with van der Waals surface area (Å²) >= 11 is 0. The molecule has 0 unspecified atom stereocenters. The quantitative estimate of drug-likeness (QED) is 0.475. The lowest BCUT2D eigenvalue weighted by molar-refractivity contribution is 0.0954. The Balaban J connectivity index is 1.46. The van der Waals surface area contributed by atoms with Crippen LogP contribution in [0.15, 0.2) is 54.9 Å². The van der Waals surface area contributed by atoms with E-state index in [2.05, 4.69) is 31.1 Å². The molecule has 0 spiro atoms. The van der Waals surface area contributed by atoms with Crippen molar-refractivity contribution in [3.8, 4) is 11.5 Å². The van der Waals surface area contributed by atoms with Crippen molar-refractivity contribution in [2.75, 3.05) is 37.9 Å². The summed E-state index contributed by atoms with van der Waals surface area (Å²) < 4.78 is 10.4. The standard InChI is InChI=1S/C20H22N6O3/c1-28-16-11-14(12-17(13-16)29-2)20(27)23-10-9-22-18-3-4-19(26-25-18)24-15-5-7-21-8-6-15/h3-8,11-13H,9-10H2,1-2H3,(H,22,25)(H,23,27)(H,21,24,26). The summed E-state index contributed by atoms with van der Waals surface area (Å²) in [6.07, 6.45) is 3.39. The molecule has 29 heavy (non-hydrogen) atoms. The van der Waals surface area contributed by atoms with E-state index in [1.807, 2.05) is 24.3 Å². The number of methoxy groups -OCH3 is 2. The van der Waals surface area contributed by atoms with Gasteiger partial charge in [-0.2, -0.15) is 0 Å². The topological polar surface area (TPSA) is 110 Å². The first-order chi connectivity index (χ1) is 14.2. The fourth-order valence-electron chi connectivity index (χ4n) is 2.48. The maximum absolute atomic E-state index is 12.3. The van der Waals surface area contributed by atoms with Gasteiger partial charge in [0.1, 0.15) is 17.3 Å². The Bertz CT molecular complexity index is 912. The van der Waals surface area contributed by atoms with Crippen molar-refractivity contribution < 1.29 is 14.3 Å². The van der Waals surface area contributed by atoms with Crippen LogP contribution in [0.25, 0.3) is 0 Å². The summed E-state index contributed by atoms with van der Waals surface area (Å²) in [4.78, 5) is 16.3. The zero-order chi connectivity index (χ0) is 20.5. The molecule has 0 bridgehead atoms. The number of hydrogen-bond donors (Lipinski definition) is 3. The third-order valence-electron chi connectivity index (χ3n) is 3.95. The number of benzene rings is 1. The lowest BCUT2D eigenvalue weighted by Gasteiger charge is -2.10. The van der Waals surface area contributed by atoms with Gasteiger partial charge in [-0.1, -0.05) is 0 Å². The highest BCUT2D eigenvalue weighted by Gasteiger charge is 2.09. The monoisotopic (exact) mass is 394 g/mol. The third kappa shape index (κ3) is 5.80. The first kappa shape index (κ1) is 19.9. The molecule has 2 aromatic heterocycles. The number of ether oxygens (including phenoxy) is 2. The van der Waals surface area contributed by atoms with E-state index >= 15 is 0 Å². The number of aromatic nitrogens is 3. The van der Waals surface area contributed by atoms with Gasteiger partial charge in [-0.15, -0.1) is 10.2 Å². The molecule has 0 aliphatic rings. The van der Waals surface area contributed by atoms with Crippen LogP contribution in [-0.2, 0) is 0 Å². The normalized spacial score (nSPS) is 10.1. The van der Waals surface area contributed by atoms with E-state index in [1.165, 1.54) is 0 Å². The van der Waals surface area contributed by atoms with Crippen molar-refractivity contribution in [3.63, 3.8) is 0 Å². The second kappa shape index (κ2) is 9.88. The molecule has 9 nitrogen and oxygen atoms in total. The van der Waals surface area contributed by atoms with E-state index in [4.69, 9.17) is 9.47 Å². The first-order valence-corrected chi connectivity index (χ1v) is 8.94. The van der Waals surface area contributed by atoms with Crippen molar-refractivity contribution in [1.29, 1.82) is 0 Å². The van der Waals surface area contributed by atoms with Crippen LogP contribution in [0.3, 0.4) is 0 Å². The average molecular weight is 394 g/mol. The van der Waals surface area contributed by atoms with Gasteiger partial charge in [0, 0.05) is 42.8 Å². The van der Waals surface area contributed by atoms with Gasteiger partial charge in [0.2, 0.25) is 0 Å². The van der Waals surface area contributed by atoms with Crippen LogP contribution in [0.5, 0.6) is 11.5 Å². The molecule has 3 N–H and O–H groups in total. The zero-order valence-corrected chi connectivity index (χ0v) is 16.2. The van der Waals surface area contributed by atoms with Crippen molar-refractivity contribution in [1.82, 2.24) is 20.5 Å². The third-order valence-corrected chi connectivity index (χ3v) is 3.95. The van der Waals surface area contributed by atoms with Crippen LogP contribution in [0.1, 0.15) is 10.4 Å². The Morgan fingerprint density at radius 3 is 2.17 bits per heavy atom. The SMILES string of the molecule is COc1cc(OC)cc(C(=O)NCCNc2ccc(Nc3ccncc3)nn2)c1. The van der Waals surface area contributed by atoms with Gasteiger partial charge < -0.3 is 25.4 Å². The molecular formula is C20H22N6O3. The summed E-state index contributed by atoms with van der Waals surface area (Å²) in [6.45, 7) is 0.912. The maximum atomic E-state index is 12.3. The Kier molecular flexibility index (Phi) is 6.77. The van der Waals surface area contributed by atoms with E-state index in [9.17, 15) is 4.79 Å². The molecule has 3 aromatic rings. The number of anilines is 3. The number of pyridine rings is 1. The predicted molar refractivity (Wildman–Crippen MR) is 110 cm³/mol. The molecule has 2 heterocycles. The van der Waals surface area contributed by atoms with Gasteiger partial charge in [-0.25, -0.2) is 0 Å². The molecular weight excluding hydrogens is 372 g/mol. The molecule has 3 rings (SSSR count). The number of nitrogens with zero attached hydrogens (tertiary/aromatic N) is 3. The highest BCUT2D eigenvalue weighted by atomic mass is 16.5. The summed E-state index contributed by atoms with van der Waals surface area (Å²) in [7, 11) is 3.08. The molecule has 1 aromatic carbocycles. The van der Waals surface area contributed by atoms with E-state index in [-0.39, 0.29) is 5.91 Å². The lowest BCUT2D eigenvalue weighted by Crippen LogP contribution is -2.29. The number of nitrogens with one attached hydrogen (secondary N) is 3. The molecule has 0 aliphatic carbocycles. The molecule has 0 aliphatic heterocycles. The predicted octanol–water partition coefficient (Wildman–Crippen LogP) is 2.47. The van der Waals surface area contributed by atoms with Gasteiger partial charge in [0.15, 0.2) is 5.82 Å². The molecule has 0 saturated heterocycles. The highest BCUT2D eigenvalue weighted by Crippen LogP contribution is 2.22. The van der Waals surface area contributed by atoms with Crippen molar-refractivity contribution >= 4 is 23.2 Å². The van der Waals surface area contributed by atoms with Gasteiger partial charge in [-0.3, -0.25) is 9.78 Å². The number of carbonyl (C=O) groups excluding carboxylic acids is 1. The summed E-state index contributed by atoms with van der Waals surface area (Å²) in [5.74, 6) is 2.14. The fourth-order valence-corrected chi connectivity index (χ4v) is 2.48. The van der Waals surface area contributed by atoms with Crippen LogP contribution >= 0.6 is 0 Å². The molecule has 1 amide bonds. The molecule has 9 heteroatoms. The van der Waals surface area contributed by atoms with Crippen molar-refractivity contribution in [3.05, 3.63) is 60.4 Å². The lowest BCUT2D eigenvalue weighted by atomic mass is 10.2. The minimum Gasteiger partial charge on any atom is -0.497 e. The number of carbonyl (C=O) groups is 1. The van der Waals surface area contributed by atoms with Crippen LogP contribution in [-0.4, -0.2) is 48.4 Å². The Morgan fingerprint density at radius 2 is 1.55 bits per heavy atom. The smallest absolute Gasteiger partial charge is 0.251 e. The summed E-state index contributed by atoms with van der Waals surface area (Å²) in [5.41, 5.74) is 1.35. The maximum Gasteiger partial charge on any atom is 0.251 e. The Hall–Kier alpha value is -3.88. The second-order valence-corrected chi connectivity index (χ2v) is 5.95. The minimum absolute atomic E-state index is 0.216. The number of amides is 1. The first-order valence-electron chi connectivity index (χ1n) is 8.94. The fraction of sp³-hybridized carbons (Fsp3) is 0.200. The highest BCUT2D eigenvalue weighted by molar-refractivity contribution is 5.95. The van der Waals surface area contributed by atoms with Gasteiger partial charge in [0.05, 0.1) is 14.2 Å². The van der Waals surface area contributed by atoms with Crippen LogP contribution in [0.4, 0.5) is 17.3 Å². The van der Waals surface area contributed by atoms with Crippen LogP contribution < -0.4 is 25.4 Å². The molecule has 0 fully saturated rings. The van der Waals surface area contributed by atoms with E-state index in [1.54, 1.807) is 44.8 Å². The summed E-state index contributed by atoms with van der Waals surface area (Å²) in [5, 5.41) is 17.3. The van der Waals surface area contributed by atoms with Crippen molar-refractivity contribution in [2.45, 2.75) is 0 Å². The minimum atomic E-state index is -0.216. The Labute approximate surface area is 168 Å². The summed E-state index contributed by atoms with van der Waals surface area (Å²) in [6, 6.07) is 12.3. The second-order valence-electron chi connectivity index (χ2n) is 5.95. The van der Waals surface area contributed by atoms with Crippen molar-refractivity contribution in [2.24, 2.45) is 0 Å². The molecule has 150 valence electrons. The number of hydrogen-bond acceptors (Lipinski definition) is 8. The van der Waals surface area contributed by atoms with E-state index < -0.39 is 0 Å². The molecule has 0 radical (unpaired) electrons.